The summed E-state index contributed by atoms with van der Waals surface area (Å²) in [4.78, 5) is 0. The first kappa shape index (κ1) is 16.4. The molecule has 0 aliphatic heterocycles. The number of aryl methyl sites for hydroxylation is 1. The Kier molecular flexibility index (Phi) is 9.68. The van der Waals surface area contributed by atoms with Crippen LogP contribution in [0, 0.1) is 0 Å². The zero-order valence-electron chi connectivity index (χ0n) is 12.4. The highest BCUT2D eigenvalue weighted by atomic mass is 28.3. The highest BCUT2D eigenvalue weighted by molar-refractivity contribution is 6.44. The fourth-order valence-corrected chi connectivity index (χ4v) is 4.02. The summed E-state index contributed by atoms with van der Waals surface area (Å²) >= 11 is 0. The zero-order valence-corrected chi connectivity index (χ0v) is 13.6. The molecule has 1 aromatic rings. The monoisotopic (exact) mass is 280 g/mol. The highest BCUT2D eigenvalue weighted by Crippen LogP contribution is 2.11. The molecule has 0 unspecified atom stereocenters. The van der Waals surface area contributed by atoms with E-state index in [1.807, 2.05) is 0 Å². The lowest BCUT2D eigenvalue weighted by molar-refractivity contribution is 0.212. The van der Waals surface area contributed by atoms with Crippen LogP contribution in [-0.4, -0.2) is 22.5 Å². The van der Waals surface area contributed by atoms with Crippen LogP contribution < -0.4 is 0 Å². The Hall–Kier alpha value is -0.643. The van der Waals surface area contributed by atoms with Gasteiger partial charge in [-0.3, -0.25) is 0 Å². The molecule has 1 aromatic carbocycles. The van der Waals surface area contributed by atoms with Crippen molar-refractivity contribution in [2.45, 2.75) is 52.0 Å². The minimum absolute atomic E-state index is 0.797. The summed E-state index contributed by atoms with van der Waals surface area (Å²) in [6.45, 7) is 5.70. The molecule has 0 spiro atoms. The third-order valence-electron chi connectivity index (χ3n) is 3.20. The van der Waals surface area contributed by atoms with E-state index in [9.17, 15) is 0 Å². The second kappa shape index (κ2) is 11.2. The zero-order chi connectivity index (χ0) is 13.8. The van der Waals surface area contributed by atoms with Gasteiger partial charge in [0.1, 0.15) is 0 Å². The average Bonchev–Trinajstić information content (AvgIpc) is 2.44. The van der Waals surface area contributed by atoms with Gasteiger partial charge in [-0.05, 0) is 38.3 Å². The summed E-state index contributed by atoms with van der Waals surface area (Å²) in [6, 6.07) is 11.9. The summed E-state index contributed by atoms with van der Waals surface area (Å²) in [5.74, 6) is 0. The number of hydrogen-bond donors (Lipinski definition) is 0. The lowest BCUT2D eigenvalue weighted by atomic mass is 10.1. The van der Waals surface area contributed by atoms with Gasteiger partial charge in [0.25, 0.3) is 0 Å². The van der Waals surface area contributed by atoms with Crippen molar-refractivity contribution in [3.63, 3.8) is 0 Å². The predicted octanol–water partition coefficient (Wildman–Crippen LogP) is 4.08. The first-order valence-corrected chi connectivity index (χ1v) is 9.39. The summed E-state index contributed by atoms with van der Waals surface area (Å²) in [7, 11) is -1.34. The van der Waals surface area contributed by atoms with Crippen molar-refractivity contribution in [1.82, 2.24) is 0 Å². The van der Waals surface area contributed by atoms with Gasteiger partial charge in [0.2, 0.25) is 0 Å². The molecule has 0 heterocycles. The molecule has 19 heavy (non-hydrogen) atoms. The van der Waals surface area contributed by atoms with E-state index < -0.39 is 9.28 Å². The molecule has 0 N–H and O–H groups in total. The lowest BCUT2D eigenvalue weighted by Crippen LogP contribution is -2.22. The summed E-state index contributed by atoms with van der Waals surface area (Å²) < 4.78 is 11.3. The van der Waals surface area contributed by atoms with Crippen molar-refractivity contribution in [2.24, 2.45) is 0 Å². The molecule has 2 nitrogen and oxygen atoms in total. The molecule has 0 aromatic heterocycles. The topological polar surface area (TPSA) is 18.5 Å². The minimum atomic E-state index is -1.34. The van der Waals surface area contributed by atoms with E-state index in [0.717, 1.165) is 19.3 Å². The van der Waals surface area contributed by atoms with Crippen LogP contribution in [0.15, 0.2) is 30.3 Å². The summed E-state index contributed by atoms with van der Waals surface area (Å²) in [5.41, 5.74) is 1.46. The summed E-state index contributed by atoms with van der Waals surface area (Å²) in [6.07, 6.45) is 6.37. The highest BCUT2D eigenvalue weighted by Gasteiger charge is 2.10. The molecule has 0 fully saturated rings. The molecular weight excluding hydrogens is 252 g/mol. The molecule has 0 atom stereocenters. The second-order valence-corrected chi connectivity index (χ2v) is 6.88. The molecule has 0 saturated carbocycles. The third-order valence-corrected chi connectivity index (χ3v) is 5.49. The lowest BCUT2D eigenvalue weighted by Gasteiger charge is -2.14. The third kappa shape index (κ3) is 8.19. The van der Waals surface area contributed by atoms with Crippen molar-refractivity contribution >= 4 is 9.28 Å². The van der Waals surface area contributed by atoms with Gasteiger partial charge in [0.15, 0.2) is 0 Å². The fraction of sp³-hybridized carbons (Fsp3) is 0.625. The van der Waals surface area contributed by atoms with E-state index in [-0.39, 0.29) is 0 Å². The Morgan fingerprint density at radius 3 is 2.11 bits per heavy atom. The second-order valence-electron chi connectivity index (χ2n) is 4.78. The molecule has 0 saturated heterocycles. The molecule has 0 radical (unpaired) electrons. The van der Waals surface area contributed by atoms with E-state index in [2.05, 4.69) is 44.2 Å². The molecule has 0 amide bonds. The molecule has 0 bridgehead atoms. The van der Waals surface area contributed by atoms with E-state index in [1.54, 1.807) is 0 Å². The Bertz CT molecular complexity index is 297. The van der Waals surface area contributed by atoms with Crippen molar-refractivity contribution in [1.29, 1.82) is 0 Å². The van der Waals surface area contributed by atoms with E-state index >= 15 is 0 Å². The van der Waals surface area contributed by atoms with Gasteiger partial charge in [0, 0.05) is 13.2 Å². The van der Waals surface area contributed by atoms with E-state index in [0.29, 0.717) is 0 Å². The molecule has 108 valence electrons. The standard InChI is InChI=1S/C16H28O2Si/c1-3-17-19(18-4-2)15-11-6-5-8-12-16-13-9-7-10-14-16/h7,9-10,13-14,19H,3-6,8,11-12,15H2,1-2H3. The average molecular weight is 280 g/mol. The minimum Gasteiger partial charge on any atom is -0.397 e. The fourth-order valence-electron chi connectivity index (χ4n) is 2.22. The van der Waals surface area contributed by atoms with Crippen LogP contribution in [0.2, 0.25) is 6.04 Å². The predicted molar refractivity (Wildman–Crippen MR) is 83.8 cm³/mol. The van der Waals surface area contributed by atoms with Crippen molar-refractivity contribution in [3.05, 3.63) is 35.9 Å². The van der Waals surface area contributed by atoms with E-state index in [4.69, 9.17) is 8.85 Å². The molecule has 3 heteroatoms. The molecule has 1 rings (SSSR count). The van der Waals surface area contributed by atoms with Gasteiger partial charge in [-0.15, -0.1) is 0 Å². The first-order valence-electron chi connectivity index (χ1n) is 7.64. The quantitative estimate of drug-likeness (QED) is 0.449. The smallest absolute Gasteiger partial charge is 0.321 e. The van der Waals surface area contributed by atoms with Crippen LogP contribution >= 0.6 is 0 Å². The Labute approximate surface area is 120 Å². The van der Waals surface area contributed by atoms with Crippen LogP contribution in [0.25, 0.3) is 0 Å². The normalized spacial score (nSPS) is 11.1. The van der Waals surface area contributed by atoms with Gasteiger partial charge in [-0.1, -0.05) is 49.6 Å². The first-order chi connectivity index (χ1) is 9.36. The van der Waals surface area contributed by atoms with Gasteiger partial charge in [-0.2, -0.15) is 0 Å². The Morgan fingerprint density at radius 1 is 0.842 bits per heavy atom. The van der Waals surface area contributed by atoms with Crippen molar-refractivity contribution < 1.29 is 8.85 Å². The molecular formula is C16H28O2Si. The van der Waals surface area contributed by atoms with Crippen molar-refractivity contribution in [3.8, 4) is 0 Å². The van der Waals surface area contributed by atoms with Gasteiger partial charge < -0.3 is 8.85 Å². The number of unbranched alkanes of at least 4 members (excludes halogenated alkanes) is 3. The van der Waals surface area contributed by atoms with Gasteiger partial charge in [0.05, 0.1) is 0 Å². The van der Waals surface area contributed by atoms with Gasteiger partial charge in [-0.25, -0.2) is 0 Å². The maximum absolute atomic E-state index is 5.67. The Morgan fingerprint density at radius 2 is 1.47 bits per heavy atom. The van der Waals surface area contributed by atoms with E-state index in [1.165, 1.54) is 37.7 Å². The number of rotatable bonds is 11. The maximum atomic E-state index is 5.67. The van der Waals surface area contributed by atoms with Crippen molar-refractivity contribution in [2.75, 3.05) is 13.2 Å². The SMILES string of the molecule is CCO[SiH](CCCCCCc1ccccc1)OCC. The molecule has 0 aliphatic carbocycles. The number of hydrogen-bond acceptors (Lipinski definition) is 2. The van der Waals surface area contributed by atoms with Crippen LogP contribution in [0.5, 0.6) is 0 Å². The van der Waals surface area contributed by atoms with Gasteiger partial charge >= 0.3 is 9.28 Å². The maximum Gasteiger partial charge on any atom is 0.321 e. The van der Waals surface area contributed by atoms with Crippen LogP contribution in [-0.2, 0) is 15.3 Å². The largest absolute Gasteiger partial charge is 0.397 e. The van der Waals surface area contributed by atoms with Crippen LogP contribution in [0.3, 0.4) is 0 Å². The van der Waals surface area contributed by atoms with Crippen LogP contribution in [0.4, 0.5) is 0 Å². The summed E-state index contributed by atoms with van der Waals surface area (Å²) in [5, 5.41) is 0. The number of benzene rings is 1. The Balaban J connectivity index is 2.01. The molecule has 0 aliphatic rings. The van der Waals surface area contributed by atoms with Crippen LogP contribution in [0.1, 0.15) is 45.1 Å².